The predicted molar refractivity (Wildman–Crippen MR) is 76.9 cm³/mol. The van der Waals surface area contributed by atoms with Gasteiger partial charge in [0, 0.05) is 19.4 Å². The van der Waals surface area contributed by atoms with Crippen LogP contribution in [0.5, 0.6) is 0 Å². The molecule has 19 heavy (non-hydrogen) atoms. The molecule has 0 unspecified atom stereocenters. The summed E-state index contributed by atoms with van der Waals surface area (Å²) in [4.78, 5) is 16.8. The molecule has 0 aliphatic carbocycles. The monoisotopic (exact) mass is 279 g/mol. The minimum Gasteiger partial charge on any atom is -0.392 e. The lowest BCUT2D eigenvalue weighted by molar-refractivity contribution is -0.126. The fourth-order valence-electron chi connectivity index (χ4n) is 2.08. The second-order valence-electron chi connectivity index (χ2n) is 4.73. The van der Waals surface area contributed by atoms with Gasteiger partial charge in [-0.3, -0.25) is 4.79 Å². The molecule has 0 aromatic carbocycles. The number of thiocarbonyl (C=S) groups is 1. The van der Waals surface area contributed by atoms with Gasteiger partial charge in [0.2, 0.25) is 5.91 Å². The number of hydrogen-bond donors (Lipinski definition) is 2. The molecular weight excluding hydrogens is 262 g/mol. The summed E-state index contributed by atoms with van der Waals surface area (Å²) >= 11 is 5.08. The molecular formula is C13H17N3O2S. The van der Waals surface area contributed by atoms with E-state index in [-0.39, 0.29) is 10.9 Å². The molecule has 102 valence electrons. The van der Waals surface area contributed by atoms with Crippen molar-refractivity contribution in [3.8, 4) is 0 Å². The minimum atomic E-state index is -0.819. The van der Waals surface area contributed by atoms with Crippen molar-refractivity contribution in [2.75, 3.05) is 18.5 Å². The summed E-state index contributed by atoms with van der Waals surface area (Å²) in [5, 5.41) is 2.79. The van der Waals surface area contributed by atoms with Gasteiger partial charge >= 0.3 is 0 Å². The van der Waals surface area contributed by atoms with Gasteiger partial charge < -0.3 is 15.8 Å². The summed E-state index contributed by atoms with van der Waals surface area (Å²) in [6.07, 6.45) is 2.73. The number of hydrogen-bond acceptors (Lipinski definition) is 4. The zero-order valence-electron chi connectivity index (χ0n) is 10.8. The molecule has 1 aliphatic heterocycles. The number of nitrogens with two attached hydrogens (primary N) is 1. The molecule has 2 rings (SSSR count). The normalized spacial score (nSPS) is 17.7. The number of anilines is 1. The molecule has 0 spiro atoms. The molecule has 1 aromatic rings. The standard InChI is InChI=1S/C13H17N3O2S/c1-9-2-3-10(15-8-9)16-12(17)13(11(14)19)4-6-18-7-5-13/h2-3,8H,4-7H2,1H3,(H2,14,19)(H,15,16,17). The summed E-state index contributed by atoms with van der Waals surface area (Å²) in [6.45, 7) is 2.92. The topological polar surface area (TPSA) is 77.2 Å². The van der Waals surface area contributed by atoms with E-state index in [2.05, 4.69) is 10.3 Å². The van der Waals surface area contributed by atoms with Crippen LogP contribution in [0.1, 0.15) is 18.4 Å². The fraction of sp³-hybridized carbons (Fsp3) is 0.462. The van der Waals surface area contributed by atoms with Crippen molar-refractivity contribution in [1.29, 1.82) is 0 Å². The van der Waals surface area contributed by atoms with Crippen LogP contribution in [0.3, 0.4) is 0 Å². The predicted octanol–water partition coefficient (Wildman–Crippen LogP) is 1.41. The van der Waals surface area contributed by atoms with E-state index in [4.69, 9.17) is 22.7 Å². The molecule has 5 nitrogen and oxygen atoms in total. The molecule has 6 heteroatoms. The van der Waals surface area contributed by atoms with E-state index < -0.39 is 5.41 Å². The van der Waals surface area contributed by atoms with Crippen LogP contribution in [0.25, 0.3) is 0 Å². The fourth-order valence-corrected chi connectivity index (χ4v) is 2.38. The molecule has 1 aliphatic rings. The van der Waals surface area contributed by atoms with E-state index in [1.54, 1.807) is 12.3 Å². The summed E-state index contributed by atoms with van der Waals surface area (Å²) in [5.74, 6) is 0.317. The molecule has 0 saturated carbocycles. The van der Waals surface area contributed by atoms with Gasteiger partial charge in [-0.1, -0.05) is 18.3 Å². The lowest BCUT2D eigenvalue weighted by atomic mass is 9.79. The number of nitrogens with zero attached hydrogens (tertiary/aromatic N) is 1. The SMILES string of the molecule is Cc1ccc(NC(=O)C2(C(N)=S)CCOCC2)nc1. The van der Waals surface area contributed by atoms with Crippen LogP contribution in [0.4, 0.5) is 5.82 Å². The lowest BCUT2D eigenvalue weighted by Gasteiger charge is -2.34. The molecule has 0 radical (unpaired) electrons. The summed E-state index contributed by atoms with van der Waals surface area (Å²) in [6, 6.07) is 3.65. The van der Waals surface area contributed by atoms with Crippen LogP contribution in [-0.2, 0) is 9.53 Å². The Kier molecular flexibility index (Phi) is 4.11. The van der Waals surface area contributed by atoms with Crippen molar-refractivity contribution >= 4 is 28.9 Å². The number of pyridine rings is 1. The average molecular weight is 279 g/mol. The maximum absolute atomic E-state index is 12.4. The molecule has 0 bridgehead atoms. The lowest BCUT2D eigenvalue weighted by Crippen LogP contribution is -2.49. The molecule has 0 atom stereocenters. The van der Waals surface area contributed by atoms with Crippen LogP contribution >= 0.6 is 12.2 Å². The Bertz CT molecular complexity index is 481. The molecule has 1 amide bonds. The van der Waals surface area contributed by atoms with Crippen molar-refractivity contribution in [3.63, 3.8) is 0 Å². The van der Waals surface area contributed by atoms with Gasteiger partial charge in [-0.05, 0) is 31.4 Å². The van der Waals surface area contributed by atoms with Crippen LogP contribution in [0, 0.1) is 12.3 Å². The molecule has 1 aromatic heterocycles. The van der Waals surface area contributed by atoms with Gasteiger partial charge in [-0.15, -0.1) is 0 Å². The first-order chi connectivity index (χ1) is 9.04. The Morgan fingerprint density at radius 3 is 2.68 bits per heavy atom. The van der Waals surface area contributed by atoms with Crippen LogP contribution in [0.2, 0.25) is 0 Å². The quantitative estimate of drug-likeness (QED) is 0.818. The highest BCUT2D eigenvalue weighted by atomic mass is 32.1. The third-order valence-electron chi connectivity index (χ3n) is 3.41. The van der Waals surface area contributed by atoms with E-state index in [1.165, 1.54) is 0 Å². The first kappa shape index (κ1) is 13.9. The van der Waals surface area contributed by atoms with Crippen molar-refractivity contribution in [1.82, 2.24) is 4.98 Å². The Labute approximate surface area is 117 Å². The van der Waals surface area contributed by atoms with Gasteiger partial charge in [0.15, 0.2) is 0 Å². The summed E-state index contributed by atoms with van der Waals surface area (Å²) < 4.78 is 5.28. The number of rotatable bonds is 3. The highest BCUT2D eigenvalue weighted by molar-refractivity contribution is 7.80. The third kappa shape index (κ3) is 2.90. The summed E-state index contributed by atoms with van der Waals surface area (Å²) in [7, 11) is 0. The first-order valence-electron chi connectivity index (χ1n) is 6.16. The number of carbonyl (C=O) groups is 1. The van der Waals surface area contributed by atoms with Crippen molar-refractivity contribution in [3.05, 3.63) is 23.9 Å². The van der Waals surface area contributed by atoms with Crippen LogP contribution in [0.15, 0.2) is 18.3 Å². The maximum atomic E-state index is 12.4. The first-order valence-corrected chi connectivity index (χ1v) is 6.57. The maximum Gasteiger partial charge on any atom is 0.238 e. The van der Waals surface area contributed by atoms with Gasteiger partial charge in [0.25, 0.3) is 0 Å². The second-order valence-corrected chi connectivity index (χ2v) is 5.17. The van der Waals surface area contributed by atoms with E-state index in [0.717, 1.165) is 5.56 Å². The Morgan fingerprint density at radius 1 is 1.47 bits per heavy atom. The number of ether oxygens (including phenoxy) is 1. The number of aryl methyl sites for hydroxylation is 1. The van der Waals surface area contributed by atoms with E-state index in [9.17, 15) is 4.79 Å². The largest absolute Gasteiger partial charge is 0.392 e. The Morgan fingerprint density at radius 2 is 2.16 bits per heavy atom. The third-order valence-corrected chi connectivity index (χ3v) is 3.80. The number of amides is 1. The Balaban J connectivity index is 2.16. The molecule has 2 heterocycles. The van der Waals surface area contributed by atoms with Gasteiger partial charge in [0.05, 0.1) is 4.99 Å². The smallest absolute Gasteiger partial charge is 0.238 e. The van der Waals surface area contributed by atoms with E-state index in [1.807, 2.05) is 13.0 Å². The van der Waals surface area contributed by atoms with Gasteiger partial charge in [-0.2, -0.15) is 0 Å². The van der Waals surface area contributed by atoms with Gasteiger partial charge in [-0.25, -0.2) is 4.98 Å². The highest BCUT2D eigenvalue weighted by Crippen LogP contribution is 2.32. The highest BCUT2D eigenvalue weighted by Gasteiger charge is 2.43. The van der Waals surface area contributed by atoms with Gasteiger partial charge in [0.1, 0.15) is 11.2 Å². The van der Waals surface area contributed by atoms with E-state index in [0.29, 0.717) is 31.9 Å². The second kappa shape index (κ2) is 5.63. The average Bonchev–Trinajstić information content (AvgIpc) is 2.42. The number of carbonyl (C=O) groups excluding carboxylic acids is 1. The van der Waals surface area contributed by atoms with Crippen molar-refractivity contribution in [2.45, 2.75) is 19.8 Å². The van der Waals surface area contributed by atoms with E-state index >= 15 is 0 Å². The van der Waals surface area contributed by atoms with Crippen molar-refractivity contribution < 1.29 is 9.53 Å². The summed E-state index contributed by atoms with van der Waals surface area (Å²) in [5.41, 5.74) is 5.99. The van der Waals surface area contributed by atoms with Crippen LogP contribution < -0.4 is 11.1 Å². The number of nitrogens with one attached hydrogen (secondary N) is 1. The Hall–Kier alpha value is -1.53. The zero-order valence-corrected chi connectivity index (χ0v) is 11.6. The number of aromatic nitrogens is 1. The minimum absolute atomic E-state index is 0.195. The van der Waals surface area contributed by atoms with Crippen LogP contribution in [-0.4, -0.2) is 29.1 Å². The molecule has 3 N–H and O–H groups in total. The zero-order chi connectivity index (χ0) is 13.9. The molecule has 1 saturated heterocycles. The van der Waals surface area contributed by atoms with Crippen molar-refractivity contribution in [2.24, 2.45) is 11.1 Å². The molecule has 1 fully saturated rings.